The quantitative estimate of drug-likeness (QED) is 0.252. The van der Waals surface area contributed by atoms with Crippen molar-refractivity contribution in [1.82, 2.24) is 0 Å². The van der Waals surface area contributed by atoms with E-state index in [0.717, 1.165) is 48.7 Å². The second kappa shape index (κ2) is 11.1. The molecule has 0 bridgehead atoms. The van der Waals surface area contributed by atoms with Gasteiger partial charge in [0.1, 0.15) is 49.6 Å². The predicted octanol–water partition coefficient (Wildman–Crippen LogP) is 5.48. The first-order valence-corrected chi connectivity index (χ1v) is 15.8. The SMILES string of the molecule is Cc1cc(C2(c3ccc(OCC4CO4)c(C)c3)C3=C(C=CCC3)C3C(C(=O)OCC4CO4)=CC=CC32)ccc1OCC1CO1. The summed E-state index contributed by atoms with van der Waals surface area (Å²) in [5.41, 5.74) is 7.37. The lowest BCUT2D eigenvalue weighted by molar-refractivity contribution is -0.140. The van der Waals surface area contributed by atoms with E-state index < -0.39 is 5.41 Å². The molecule has 3 fully saturated rings. The molecule has 0 radical (unpaired) electrons. The highest BCUT2D eigenvalue weighted by molar-refractivity contribution is 5.92. The molecule has 2 aromatic carbocycles. The number of ether oxygens (including phenoxy) is 6. The van der Waals surface area contributed by atoms with Gasteiger partial charge in [-0.3, -0.25) is 0 Å². The summed E-state index contributed by atoms with van der Waals surface area (Å²) in [5, 5.41) is 0. The van der Waals surface area contributed by atoms with Crippen molar-refractivity contribution in [2.75, 3.05) is 39.6 Å². The van der Waals surface area contributed by atoms with Crippen molar-refractivity contribution in [3.63, 3.8) is 0 Å². The fourth-order valence-corrected chi connectivity index (χ4v) is 7.36. The molecule has 44 heavy (non-hydrogen) atoms. The van der Waals surface area contributed by atoms with Crippen molar-refractivity contribution in [3.05, 3.63) is 106 Å². The van der Waals surface area contributed by atoms with Crippen molar-refractivity contribution in [3.8, 4) is 11.5 Å². The van der Waals surface area contributed by atoms with Crippen LogP contribution in [-0.4, -0.2) is 63.9 Å². The van der Waals surface area contributed by atoms with Crippen molar-refractivity contribution < 1.29 is 33.2 Å². The fraction of sp³-hybridized carbons (Fsp3) is 0.432. The molecule has 0 spiro atoms. The van der Waals surface area contributed by atoms with Gasteiger partial charge in [0.2, 0.25) is 0 Å². The average molecular weight is 595 g/mol. The second-order valence-electron chi connectivity index (χ2n) is 12.7. The Balaban J connectivity index is 1.24. The normalized spacial score (nSPS) is 30.8. The molecule has 3 aliphatic heterocycles. The monoisotopic (exact) mass is 594 g/mol. The van der Waals surface area contributed by atoms with E-state index in [4.69, 9.17) is 28.4 Å². The molecule has 0 aromatic heterocycles. The summed E-state index contributed by atoms with van der Waals surface area (Å²) in [6, 6.07) is 13.2. The van der Waals surface area contributed by atoms with Crippen LogP contribution in [-0.2, 0) is 29.2 Å². The topological polar surface area (TPSA) is 82.4 Å². The van der Waals surface area contributed by atoms with Gasteiger partial charge in [0, 0.05) is 22.8 Å². The molecule has 0 amide bonds. The molecule has 6 aliphatic rings. The van der Waals surface area contributed by atoms with Gasteiger partial charge in [-0.15, -0.1) is 0 Å². The van der Waals surface area contributed by atoms with E-state index in [1.54, 1.807) is 0 Å². The summed E-state index contributed by atoms with van der Waals surface area (Å²) >= 11 is 0. The molecule has 3 saturated heterocycles. The van der Waals surface area contributed by atoms with E-state index in [-0.39, 0.29) is 36.1 Å². The van der Waals surface area contributed by atoms with Crippen LogP contribution >= 0.6 is 0 Å². The Morgan fingerprint density at radius 2 is 1.45 bits per heavy atom. The maximum absolute atomic E-state index is 13.6. The zero-order valence-electron chi connectivity index (χ0n) is 25.3. The molecule has 7 nitrogen and oxygen atoms in total. The third-order valence-corrected chi connectivity index (χ3v) is 9.76. The number of benzene rings is 2. The van der Waals surface area contributed by atoms with Crippen LogP contribution in [0.15, 0.2) is 83.5 Å². The Bertz CT molecular complexity index is 1540. The molecular weight excluding hydrogens is 556 g/mol. The number of rotatable bonds is 11. The lowest BCUT2D eigenvalue weighted by atomic mass is 9.60. The van der Waals surface area contributed by atoms with Gasteiger partial charge >= 0.3 is 5.97 Å². The first kappa shape index (κ1) is 27.9. The van der Waals surface area contributed by atoms with E-state index in [2.05, 4.69) is 68.5 Å². The molecule has 5 unspecified atom stereocenters. The third kappa shape index (κ3) is 5.01. The van der Waals surface area contributed by atoms with Crippen LogP contribution in [0.25, 0.3) is 0 Å². The first-order valence-electron chi connectivity index (χ1n) is 15.8. The average Bonchev–Trinajstić information content (AvgIpc) is 3.89. The van der Waals surface area contributed by atoms with E-state index >= 15 is 0 Å². The third-order valence-electron chi connectivity index (χ3n) is 9.76. The maximum atomic E-state index is 13.6. The number of hydrogen-bond acceptors (Lipinski definition) is 7. The van der Waals surface area contributed by atoms with Crippen LogP contribution in [0.1, 0.15) is 35.1 Å². The van der Waals surface area contributed by atoms with Gasteiger partial charge in [-0.05, 0) is 66.6 Å². The highest BCUT2D eigenvalue weighted by atomic mass is 16.6. The number of carbonyl (C=O) groups excluding carboxylic acids is 1. The Kier molecular flexibility index (Phi) is 7.00. The zero-order valence-corrected chi connectivity index (χ0v) is 25.3. The standard InChI is InChI=1S/C37H38O7/c1-22-14-24(10-12-33(22)42-19-26-16-39-26)37(25-11-13-34(23(2)15-25)43-20-27-17-40-27)31-8-4-3-6-29(31)35-30(7-5-9-32(35)37)36(38)44-21-28-18-41-28/h3,5-7,9-15,26-28,32,35H,4,8,16-21H2,1-2H3. The highest BCUT2D eigenvalue weighted by Gasteiger charge is 2.56. The van der Waals surface area contributed by atoms with Crippen LogP contribution in [0.3, 0.4) is 0 Å². The van der Waals surface area contributed by atoms with Gasteiger partial charge in [-0.1, -0.05) is 60.2 Å². The number of hydrogen-bond donors (Lipinski definition) is 0. The minimum Gasteiger partial charge on any atom is -0.491 e. The van der Waals surface area contributed by atoms with Gasteiger partial charge in [-0.25, -0.2) is 4.79 Å². The Hall–Kier alpha value is -3.65. The molecule has 7 heteroatoms. The van der Waals surface area contributed by atoms with Gasteiger partial charge < -0.3 is 28.4 Å². The summed E-state index contributed by atoms with van der Waals surface area (Å²) in [4.78, 5) is 13.6. The maximum Gasteiger partial charge on any atom is 0.334 e. The molecule has 0 saturated carbocycles. The summed E-state index contributed by atoms with van der Waals surface area (Å²) < 4.78 is 34.1. The summed E-state index contributed by atoms with van der Waals surface area (Å²) in [6.45, 7) is 7.83. The predicted molar refractivity (Wildman–Crippen MR) is 164 cm³/mol. The number of allylic oxidation sites excluding steroid dienone is 7. The van der Waals surface area contributed by atoms with E-state index in [1.165, 1.54) is 22.3 Å². The molecule has 5 atom stereocenters. The minimum absolute atomic E-state index is 0.0166. The molecule has 228 valence electrons. The van der Waals surface area contributed by atoms with E-state index in [0.29, 0.717) is 32.0 Å². The van der Waals surface area contributed by atoms with Gasteiger partial charge in [0.25, 0.3) is 0 Å². The van der Waals surface area contributed by atoms with Crippen LogP contribution in [0.2, 0.25) is 0 Å². The number of esters is 1. The van der Waals surface area contributed by atoms with Gasteiger partial charge in [-0.2, -0.15) is 0 Å². The zero-order chi connectivity index (χ0) is 29.8. The lowest BCUT2D eigenvalue weighted by Gasteiger charge is -2.42. The van der Waals surface area contributed by atoms with Crippen molar-refractivity contribution in [2.24, 2.45) is 11.8 Å². The van der Waals surface area contributed by atoms with Crippen LogP contribution in [0, 0.1) is 25.7 Å². The van der Waals surface area contributed by atoms with E-state index in [9.17, 15) is 4.79 Å². The van der Waals surface area contributed by atoms with Gasteiger partial charge in [0.15, 0.2) is 0 Å². The van der Waals surface area contributed by atoms with Crippen molar-refractivity contribution in [2.45, 2.75) is 50.4 Å². The Morgan fingerprint density at radius 1 is 0.864 bits per heavy atom. The molecular formula is C37H38O7. The summed E-state index contributed by atoms with van der Waals surface area (Å²) in [6.07, 6.45) is 13.1. The smallest absolute Gasteiger partial charge is 0.334 e. The second-order valence-corrected chi connectivity index (χ2v) is 12.7. The molecule has 3 aliphatic carbocycles. The minimum atomic E-state index is -0.494. The molecule has 2 aromatic rings. The van der Waals surface area contributed by atoms with Crippen LogP contribution in [0.5, 0.6) is 11.5 Å². The fourth-order valence-electron chi connectivity index (χ4n) is 7.36. The number of epoxide rings is 3. The number of aryl methyl sites for hydroxylation is 2. The van der Waals surface area contributed by atoms with Crippen LogP contribution < -0.4 is 9.47 Å². The number of fused-ring (bicyclic) bond motifs is 2. The van der Waals surface area contributed by atoms with Crippen molar-refractivity contribution >= 4 is 5.97 Å². The molecule has 3 heterocycles. The van der Waals surface area contributed by atoms with Gasteiger partial charge in [0.05, 0.1) is 19.8 Å². The molecule has 8 rings (SSSR count). The Morgan fingerprint density at radius 3 is 2.02 bits per heavy atom. The van der Waals surface area contributed by atoms with Crippen LogP contribution in [0.4, 0.5) is 0 Å². The Labute approximate surface area is 258 Å². The lowest BCUT2D eigenvalue weighted by Crippen LogP contribution is -2.38. The van der Waals surface area contributed by atoms with E-state index in [1.807, 2.05) is 12.2 Å². The summed E-state index contributed by atoms with van der Waals surface area (Å²) in [7, 11) is 0. The highest BCUT2D eigenvalue weighted by Crippen LogP contribution is 2.62. The number of carbonyl (C=O) groups is 1. The van der Waals surface area contributed by atoms with Crippen molar-refractivity contribution in [1.29, 1.82) is 0 Å². The summed E-state index contributed by atoms with van der Waals surface area (Å²) in [5.74, 6) is 1.35. The first-order chi connectivity index (χ1) is 21.5. The largest absolute Gasteiger partial charge is 0.491 e. The molecule has 0 N–H and O–H groups in total.